The Bertz CT molecular complexity index is 899. The van der Waals surface area contributed by atoms with E-state index in [-0.39, 0.29) is 23.8 Å². The lowest BCUT2D eigenvalue weighted by atomic mass is 9.77. The normalized spacial score (nSPS) is 19.2. The molecule has 132 valence electrons. The molecule has 6 heteroatoms. The molecule has 26 heavy (non-hydrogen) atoms. The molecule has 1 aliphatic heterocycles. The SMILES string of the molecule is C#CCOc1ccc([C@H]2C(C#N)=C(N)OC3=C2C(=O)CCC3)cc1OC. The van der Waals surface area contributed by atoms with Crippen LogP contribution in [0.15, 0.2) is 41.0 Å². The van der Waals surface area contributed by atoms with Crippen LogP contribution in [0, 0.1) is 23.7 Å². The summed E-state index contributed by atoms with van der Waals surface area (Å²) in [5.41, 5.74) is 7.38. The van der Waals surface area contributed by atoms with Crippen molar-refractivity contribution in [3.8, 4) is 29.9 Å². The molecule has 2 N–H and O–H groups in total. The average Bonchev–Trinajstić information content (AvgIpc) is 2.65. The zero-order valence-electron chi connectivity index (χ0n) is 14.4. The maximum absolute atomic E-state index is 12.6. The average molecular weight is 350 g/mol. The second-order valence-electron chi connectivity index (χ2n) is 5.94. The molecule has 0 saturated heterocycles. The lowest BCUT2D eigenvalue weighted by Crippen LogP contribution is -2.27. The second-order valence-corrected chi connectivity index (χ2v) is 5.94. The molecule has 6 nitrogen and oxygen atoms in total. The number of carbonyl (C=O) groups is 1. The smallest absolute Gasteiger partial charge is 0.205 e. The molecule has 0 radical (unpaired) electrons. The number of benzene rings is 1. The van der Waals surface area contributed by atoms with Crippen LogP contribution in [0.1, 0.15) is 30.7 Å². The number of rotatable bonds is 4. The molecule has 0 bridgehead atoms. The Labute approximate surface area is 151 Å². The maximum atomic E-state index is 12.6. The van der Waals surface area contributed by atoms with Gasteiger partial charge in [-0.25, -0.2) is 0 Å². The molecule has 1 aromatic rings. The highest BCUT2D eigenvalue weighted by Gasteiger charge is 2.38. The number of ketones is 1. The molecule has 0 spiro atoms. The van der Waals surface area contributed by atoms with Gasteiger partial charge in [-0.05, 0) is 24.1 Å². The molecular weight excluding hydrogens is 332 g/mol. The summed E-state index contributed by atoms with van der Waals surface area (Å²) in [4.78, 5) is 12.6. The van der Waals surface area contributed by atoms with Crippen molar-refractivity contribution in [3.05, 3.63) is 46.6 Å². The first-order valence-corrected chi connectivity index (χ1v) is 8.18. The van der Waals surface area contributed by atoms with Crippen molar-refractivity contribution in [2.45, 2.75) is 25.2 Å². The molecule has 1 aliphatic carbocycles. The molecule has 0 fully saturated rings. The van der Waals surface area contributed by atoms with Crippen molar-refractivity contribution >= 4 is 5.78 Å². The lowest BCUT2D eigenvalue weighted by Gasteiger charge is -2.31. The molecule has 1 heterocycles. The summed E-state index contributed by atoms with van der Waals surface area (Å²) in [6, 6.07) is 7.31. The van der Waals surface area contributed by atoms with Crippen molar-refractivity contribution < 1.29 is 19.0 Å². The highest BCUT2D eigenvalue weighted by molar-refractivity contribution is 5.99. The van der Waals surface area contributed by atoms with Crippen LogP contribution in [0.25, 0.3) is 0 Å². The van der Waals surface area contributed by atoms with E-state index in [0.717, 1.165) is 0 Å². The van der Waals surface area contributed by atoms with E-state index in [9.17, 15) is 10.1 Å². The topological polar surface area (TPSA) is 94.6 Å². The minimum Gasteiger partial charge on any atom is -0.493 e. The molecule has 0 unspecified atom stereocenters. The predicted octanol–water partition coefficient (Wildman–Crippen LogP) is 2.52. The fourth-order valence-electron chi connectivity index (χ4n) is 3.29. The van der Waals surface area contributed by atoms with Crippen LogP contribution < -0.4 is 15.2 Å². The monoisotopic (exact) mass is 350 g/mol. The first-order chi connectivity index (χ1) is 12.6. The Balaban J connectivity index is 2.11. The van der Waals surface area contributed by atoms with Crippen LogP contribution in [0.3, 0.4) is 0 Å². The van der Waals surface area contributed by atoms with Gasteiger partial charge in [0.15, 0.2) is 17.3 Å². The van der Waals surface area contributed by atoms with E-state index in [1.54, 1.807) is 18.2 Å². The number of Topliss-reactive ketones (excluding diaryl/α,β-unsaturated/α-hetero) is 1. The Morgan fingerprint density at radius 1 is 1.38 bits per heavy atom. The number of allylic oxidation sites excluding steroid dienone is 3. The fraction of sp³-hybridized carbons (Fsp3) is 0.300. The Hall–Kier alpha value is -3.38. The van der Waals surface area contributed by atoms with E-state index >= 15 is 0 Å². The van der Waals surface area contributed by atoms with Gasteiger partial charge >= 0.3 is 0 Å². The number of terminal acetylenes is 1. The van der Waals surface area contributed by atoms with Gasteiger partial charge in [0.2, 0.25) is 5.88 Å². The second kappa shape index (κ2) is 7.25. The first kappa shape index (κ1) is 17.4. The summed E-state index contributed by atoms with van der Waals surface area (Å²) in [5.74, 6) is 3.34. The summed E-state index contributed by atoms with van der Waals surface area (Å²) in [6.07, 6.45) is 6.99. The van der Waals surface area contributed by atoms with E-state index in [1.165, 1.54) is 7.11 Å². The van der Waals surface area contributed by atoms with Gasteiger partial charge < -0.3 is 19.9 Å². The summed E-state index contributed by atoms with van der Waals surface area (Å²) in [7, 11) is 1.51. The van der Waals surface area contributed by atoms with Crippen LogP contribution >= 0.6 is 0 Å². The number of nitrogens with two attached hydrogens (primary N) is 1. The minimum absolute atomic E-state index is 0.0249. The standard InChI is InChI=1S/C20H18N2O4/c1-3-9-25-15-8-7-12(10-17(15)24-2)18-13(11-21)20(22)26-16-6-4-5-14(23)19(16)18/h1,7-8,10,18H,4-6,9,22H2,2H3/t18-/m0/s1. The fourth-order valence-corrected chi connectivity index (χ4v) is 3.29. The molecule has 0 amide bonds. The van der Waals surface area contributed by atoms with Crippen molar-refractivity contribution in [1.82, 2.24) is 0 Å². The van der Waals surface area contributed by atoms with E-state index < -0.39 is 5.92 Å². The van der Waals surface area contributed by atoms with E-state index in [2.05, 4.69) is 12.0 Å². The number of hydrogen-bond acceptors (Lipinski definition) is 6. The highest BCUT2D eigenvalue weighted by atomic mass is 16.5. The Morgan fingerprint density at radius 3 is 2.88 bits per heavy atom. The van der Waals surface area contributed by atoms with Crippen LogP contribution in [-0.4, -0.2) is 19.5 Å². The zero-order valence-corrected chi connectivity index (χ0v) is 14.4. The lowest BCUT2D eigenvalue weighted by molar-refractivity contribution is -0.116. The van der Waals surface area contributed by atoms with Gasteiger partial charge in [0.05, 0.1) is 13.0 Å². The van der Waals surface area contributed by atoms with Crippen molar-refractivity contribution in [1.29, 1.82) is 5.26 Å². The molecular formula is C20H18N2O4. The van der Waals surface area contributed by atoms with Crippen LogP contribution in [0.5, 0.6) is 11.5 Å². The summed E-state index contributed by atoms with van der Waals surface area (Å²) < 4.78 is 16.4. The van der Waals surface area contributed by atoms with Crippen LogP contribution in [0.2, 0.25) is 0 Å². The maximum Gasteiger partial charge on any atom is 0.205 e. The molecule has 1 atom stereocenters. The van der Waals surface area contributed by atoms with Crippen LogP contribution in [0.4, 0.5) is 0 Å². The first-order valence-electron chi connectivity index (χ1n) is 8.18. The summed E-state index contributed by atoms with van der Waals surface area (Å²) >= 11 is 0. The van der Waals surface area contributed by atoms with Crippen molar-refractivity contribution in [3.63, 3.8) is 0 Å². The van der Waals surface area contributed by atoms with Gasteiger partial charge in [-0.3, -0.25) is 4.79 Å². The number of hydrogen-bond donors (Lipinski definition) is 1. The van der Waals surface area contributed by atoms with E-state index in [0.29, 0.717) is 47.7 Å². The quantitative estimate of drug-likeness (QED) is 0.839. The van der Waals surface area contributed by atoms with Gasteiger partial charge in [0.25, 0.3) is 0 Å². The Morgan fingerprint density at radius 2 is 2.19 bits per heavy atom. The van der Waals surface area contributed by atoms with Gasteiger partial charge in [-0.1, -0.05) is 12.0 Å². The van der Waals surface area contributed by atoms with E-state index in [1.807, 2.05) is 0 Å². The molecule has 0 aromatic heterocycles. The Kier molecular flexibility index (Phi) is 4.86. The molecule has 0 saturated carbocycles. The minimum atomic E-state index is -0.577. The predicted molar refractivity (Wildman–Crippen MR) is 93.9 cm³/mol. The third kappa shape index (κ3) is 2.98. The summed E-state index contributed by atoms with van der Waals surface area (Å²) in [5, 5.41) is 9.59. The molecule has 3 rings (SSSR count). The summed E-state index contributed by atoms with van der Waals surface area (Å²) in [6.45, 7) is 0.108. The van der Waals surface area contributed by atoms with Crippen molar-refractivity contribution in [2.24, 2.45) is 5.73 Å². The van der Waals surface area contributed by atoms with Gasteiger partial charge in [0.1, 0.15) is 24.0 Å². The number of ether oxygens (including phenoxy) is 3. The third-order valence-electron chi connectivity index (χ3n) is 4.44. The van der Waals surface area contributed by atoms with Gasteiger partial charge in [-0.15, -0.1) is 6.42 Å². The van der Waals surface area contributed by atoms with Gasteiger partial charge in [-0.2, -0.15) is 5.26 Å². The molecule has 1 aromatic carbocycles. The molecule has 2 aliphatic rings. The zero-order chi connectivity index (χ0) is 18.7. The van der Waals surface area contributed by atoms with E-state index in [4.69, 9.17) is 26.4 Å². The third-order valence-corrected chi connectivity index (χ3v) is 4.44. The number of nitriles is 1. The number of nitrogens with zero attached hydrogens (tertiary/aromatic N) is 1. The number of carbonyl (C=O) groups excluding carboxylic acids is 1. The highest BCUT2D eigenvalue weighted by Crippen LogP contribution is 2.44. The largest absolute Gasteiger partial charge is 0.493 e. The van der Waals surface area contributed by atoms with Crippen molar-refractivity contribution in [2.75, 3.05) is 13.7 Å². The van der Waals surface area contributed by atoms with Crippen LogP contribution in [-0.2, 0) is 9.53 Å². The number of methoxy groups -OCH3 is 1. The van der Waals surface area contributed by atoms with Gasteiger partial charge in [0, 0.05) is 18.4 Å².